The van der Waals surface area contributed by atoms with Crippen LogP contribution in [0.5, 0.6) is 34.5 Å². The van der Waals surface area contributed by atoms with Crippen LogP contribution in [0.3, 0.4) is 0 Å². The van der Waals surface area contributed by atoms with Crippen molar-refractivity contribution in [2.45, 2.75) is 35.9 Å². The monoisotopic (exact) mass is 982 g/mol. The summed E-state index contributed by atoms with van der Waals surface area (Å²) in [5.74, 6) is -0.946. The molecule has 6 aromatic carbocycles. The lowest BCUT2D eigenvalue weighted by atomic mass is 10.2. The van der Waals surface area contributed by atoms with E-state index in [2.05, 4.69) is 21.1 Å². The largest absolute Gasteiger partial charge is 0.573 e. The molecular formula is C47H45F3N2O14S2. The summed E-state index contributed by atoms with van der Waals surface area (Å²) >= 11 is 0. The van der Waals surface area contributed by atoms with Gasteiger partial charge in [0, 0.05) is 0 Å². The van der Waals surface area contributed by atoms with Crippen LogP contribution in [0.2, 0.25) is 0 Å². The second kappa shape index (κ2) is 24.2. The number of unbranched alkanes of at least 4 members (excludes halogenated alkanes) is 1. The van der Waals surface area contributed by atoms with Crippen LogP contribution in [0.1, 0.15) is 40.5 Å². The van der Waals surface area contributed by atoms with Crippen molar-refractivity contribution in [2.75, 3.05) is 42.5 Å². The first-order valence-electron chi connectivity index (χ1n) is 20.4. The van der Waals surface area contributed by atoms with E-state index in [0.717, 1.165) is 25.0 Å². The fourth-order valence-electron chi connectivity index (χ4n) is 5.70. The molecule has 0 saturated carbocycles. The zero-order valence-corrected chi connectivity index (χ0v) is 37.7. The number of para-hydroxylation sites is 5. The predicted octanol–water partition coefficient (Wildman–Crippen LogP) is 9.36. The molecule has 4 N–H and O–H groups in total. The maximum Gasteiger partial charge on any atom is 0.573 e. The highest BCUT2D eigenvalue weighted by atomic mass is 32.2. The van der Waals surface area contributed by atoms with Crippen LogP contribution in [0.15, 0.2) is 155 Å². The summed E-state index contributed by atoms with van der Waals surface area (Å²) in [5.41, 5.74) is 0.571. The van der Waals surface area contributed by atoms with E-state index in [1.807, 2.05) is 0 Å². The number of rotatable bonds is 23. The molecule has 6 aromatic rings. The molecule has 360 valence electrons. The minimum Gasteiger partial charge on any atom is -0.494 e. The van der Waals surface area contributed by atoms with Crippen LogP contribution in [-0.4, -0.2) is 78.4 Å². The van der Waals surface area contributed by atoms with E-state index in [1.54, 1.807) is 54.6 Å². The Bertz CT molecular complexity index is 2810. The number of nitrogens with one attached hydrogen (secondary N) is 2. The fraction of sp³-hybridized carbons (Fsp3) is 0.191. The lowest BCUT2D eigenvalue weighted by Gasteiger charge is -2.16. The highest BCUT2D eigenvalue weighted by Gasteiger charge is 2.34. The molecule has 0 bridgehead atoms. The van der Waals surface area contributed by atoms with Crippen molar-refractivity contribution < 1.29 is 78.2 Å². The molecule has 0 fully saturated rings. The molecule has 0 aliphatic rings. The quantitative estimate of drug-likeness (QED) is 0.0440. The number of halogens is 3. The Morgan fingerprint density at radius 2 is 0.882 bits per heavy atom. The molecule has 21 heteroatoms. The van der Waals surface area contributed by atoms with Crippen LogP contribution < -0.4 is 37.9 Å². The maximum atomic E-state index is 12.8. The molecule has 0 spiro atoms. The number of carboxylic acids is 2. The third-order valence-electron chi connectivity index (χ3n) is 8.95. The number of carbonyl (C=O) groups is 2. The highest BCUT2D eigenvalue weighted by molar-refractivity contribution is 7.93. The summed E-state index contributed by atoms with van der Waals surface area (Å²) in [6.45, 7) is 3.04. The average Bonchev–Trinajstić information content (AvgIpc) is 3.30. The Morgan fingerprint density at radius 1 is 0.500 bits per heavy atom. The fourth-order valence-corrected chi connectivity index (χ4v) is 7.97. The second-order valence-corrected chi connectivity index (χ2v) is 17.3. The lowest BCUT2D eigenvalue weighted by molar-refractivity contribution is -0.275. The molecule has 0 saturated heterocycles. The van der Waals surface area contributed by atoms with Crippen molar-refractivity contribution in [3.05, 3.63) is 157 Å². The minimum absolute atomic E-state index is 0.00452. The Labute approximate surface area is 389 Å². The number of aromatic carboxylic acids is 2. The summed E-state index contributed by atoms with van der Waals surface area (Å²) in [7, 11) is -8.29. The van der Waals surface area contributed by atoms with Gasteiger partial charge in [0.25, 0.3) is 20.0 Å². The van der Waals surface area contributed by atoms with Crippen molar-refractivity contribution >= 4 is 43.4 Å². The molecule has 68 heavy (non-hydrogen) atoms. The van der Waals surface area contributed by atoms with Gasteiger partial charge in [0.05, 0.1) is 34.0 Å². The van der Waals surface area contributed by atoms with E-state index in [4.69, 9.17) is 33.9 Å². The van der Waals surface area contributed by atoms with Crippen LogP contribution >= 0.6 is 0 Å². The first-order chi connectivity index (χ1) is 32.4. The van der Waals surface area contributed by atoms with E-state index in [-0.39, 0.29) is 53.9 Å². The Hall–Kier alpha value is -7.65. The first-order valence-corrected chi connectivity index (χ1v) is 23.4. The molecule has 0 amide bonds. The summed E-state index contributed by atoms with van der Waals surface area (Å²) in [6.07, 6.45) is -3.12. The van der Waals surface area contributed by atoms with Crippen molar-refractivity contribution in [1.29, 1.82) is 0 Å². The van der Waals surface area contributed by atoms with Crippen molar-refractivity contribution in [1.82, 2.24) is 0 Å². The maximum absolute atomic E-state index is 12.8. The van der Waals surface area contributed by atoms with Crippen LogP contribution in [0.4, 0.5) is 24.5 Å². The molecule has 0 heterocycles. The normalized spacial score (nSPS) is 11.2. The molecule has 0 unspecified atom stereocenters. The predicted molar refractivity (Wildman–Crippen MR) is 243 cm³/mol. The average molecular weight is 983 g/mol. The molecule has 0 radical (unpaired) electrons. The van der Waals surface area contributed by atoms with Gasteiger partial charge in [-0.3, -0.25) is 9.44 Å². The van der Waals surface area contributed by atoms with Gasteiger partial charge in [0.1, 0.15) is 65.8 Å². The summed E-state index contributed by atoms with van der Waals surface area (Å²) in [6, 6.07) is 35.0. The van der Waals surface area contributed by atoms with Gasteiger partial charge >= 0.3 is 18.3 Å². The smallest absolute Gasteiger partial charge is 0.494 e. The summed E-state index contributed by atoms with van der Waals surface area (Å²) in [5, 5.41) is 17.8. The summed E-state index contributed by atoms with van der Waals surface area (Å²) < 4.78 is 126. The number of alkyl halides is 3. The lowest BCUT2D eigenvalue weighted by Crippen LogP contribution is -2.21. The Balaban J connectivity index is 0.000000254. The van der Waals surface area contributed by atoms with Gasteiger partial charge in [0.2, 0.25) is 0 Å². The minimum atomic E-state index is -5.07. The van der Waals surface area contributed by atoms with Gasteiger partial charge in [-0.1, -0.05) is 49.7 Å². The molecule has 16 nitrogen and oxygen atoms in total. The van der Waals surface area contributed by atoms with E-state index in [0.29, 0.717) is 35.3 Å². The summed E-state index contributed by atoms with van der Waals surface area (Å²) in [4.78, 5) is 21.2. The second-order valence-electron chi connectivity index (χ2n) is 13.9. The zero-order chi connectivity index (χ0) is 49.2. The standard InChI is InChI=1S/C25H27NO7S.C22H18F3NO7S/c1-2-3-16-31-21-12-14-22(15-13-21)34(29,30)26-23-6-4-5-7-24(23)33-18-17-32-20-10-8-19(9-11-20)25(27)28;23-22(24,25)33-19-7-3-4-8-20(19)34(29,30)26-17-5-1-2-6-18(17)32-14-13-31-16-11-9-15(10-12-16)21(27)28/h4-15,26H,2-3,16-18H2,1H3,(H,27,28);1-12,26H,13-14H2,(H,27,28). The number of sulfonamides is 2. The number of hydrogen-bond donors (Lipinski definition) is 4. The van der Waals surface area contributed by atoms with E-state index in [1.165, 1.54) is 78.9 Å². The zero-order valence-electron chi connectivity index (χ0n) is 36.0. The number of carboxylic acid groups (broad SMARTS) is 2. The van der Waals surface area contributed by atoms with Crippen molar-refractivity contribution in [3.8, 4) is 34.5 Å². The van der Waals surface area contributed by atoms with Gasteiger partial charge in [0.15, 0.2) is 0 Å². The van der Waals surface area contributed by atoms with Crippen molar-refractivity contribution in [2.24, 2.45) is 0 Å². The SMILES string of the molecule is CCCCOc1ccc(S(=O)(=O)Nc2ccccc2OCCOc2ccc(C(=O)O)cc2)cc1.O=C(O)c1ccc(OCCOc2ccccc2NS(=O)(=O)c2ccccc2OC(F)(F)F)cc1. The van der Waals surface area contributed by atoms with Gasteiger partial charge in [-0.25, -0.2) is 26.4 Å². The van der Waals surface area contributed by atoms with Crippen LogP contribution in [0.25, 0.3) is 0 Å². The third kappa shape index (κ3) is 16.0. The van der Waals surface area contributed by atoms with E-state index in [9.17, 15) is 39.6 Å². The van der Waals surface area contributed by atoms with Gasteiger partial charge in [-0.05, 0) is 116 Å². The molecule has 0 aliphatic heterocycles. The third-order valence-corrected chi connectivity index (χ3v) is 11.7. The Morgan fingerprint density at radius 3 is 1.32 bits per heavy atom. The first kappa shape index (κ1) is 51.3. The van der Waals surface area contributed by atoms with E-state index < -0.39 is 49.0 Å². The molecule has 6 rings (SSSR count). The molecule has 0 aromatic heterocycles. The van der Waals surface area contributed by atoms with Gasteiger partial charge in [-0.2, -0.15) is 0 Å². The number of hydrogen-bond acceptors (Lipinski definition) is 12. The molecular weight excluding hydrogens is 938 g/mol. The molecule has 0 atom stereocenters. The van der Waals surface area contributed by atoms with Crippen molar-refractivity contribution in [3.63, 3.8) is 0 Å². The van der Waals surface area contributed by atoms with Crippen LogP contribution in [0, 0.1) is 0 Å². The van der Waals surface area contributed by atoms with Crippen LogP contribution in [-0.2, 0) is 20.0 Å². The highest BCUT2D eigenvalue weighted by Crippen LogP contribution is 2.33. The topological polar surface area (TPSA) is 222 Å². The Kier molecular flexibility index (Phi) is 18.3. The van der Waals surface area contributed by atoms with E-state index >= 15 is 0 Å². The number of ether oxygens (including phenoxy) is 6. The van der Waals surface area contributed by atoms with Gasteiger partial charge in [-0.15, -0.1) is 13.2 Å². The number of benzene rings is 6. The number of anilines is 2. The van der Waals surface area contributed by atoms with Gasteiger partial charge < -0.3 is 38.6 Å². The molecule has 0 aliphatic carbocycles.